The monoisotopic (exact) mass is 249 g/mol. The molecule has 0 amide bonds. The number of rotatable bonds is 5. The van der Waals surface area contributed by atoms with Gasteiger partial charge in [0.15, 0.2) is 0 Å². The first kappa shape index (κ1) is 13.1. The van der Waals surface area contributed by atoms with Gasteiger partial charge < -0.3 is 14.8 Å². The number of esters is 1. The van der Waals surface area contributed by atoms with Crippen LogP contribution in [0.2, 0.25) is 0 Å². The van der Waals surface area contributed by atoms with Crippen molar-refractivity contribution in [3.63, 3.8) is 0 Å². The molecule has 0 aromatic heterocycles. The van der Waals surface area contributed by atoms with Gasteiger partial charge in [0.25, 0.3) is 0 Å². The Morgan fingerprint density at radius 2 is 2.17 bits per heavy atom. The maximum atomic E-state index is 11.8. The van der Waals surface area contributed by atoms with Crippen LogP contribution >= 0.6 is 0 Å². The molecule has 1 aliphatic heterocycles. The van der Waals surface area contributed by atoms with Crippen molar-refractivity contribution in [2.75, 3.05) is 20.3 Å². The van der Waals surface area contributed by atoms with Crippen molar-refractivity contribution in [1.82, 2.24) is 5.32 Å². The second-order valence-corrected chi connectivity index (χ2v) is 4.46. The minimum atomic E-state index is -0.217. The maximum absolute atomic E-state index is 11.8. The molecule has 2 unspecified atom stereocenters. The fraction of sp³-hybridized carbons (Fsp3) is 0.500. The van der Waals surface area contributed by atoms with Gasteiger partial charge in [-0.15, -0.1) is 0 Å². The molecule has 4 heteroatoms. The van der Waals surface area contributed by atoms with Gasteiger partial charge >= 0.3 is 5.97 Å². The smallest absolute Gasteiger partial charge is 0.323 e. The summed E-state index contributed by atoms with van der Waals surface area (Å²) in [6.45, 7) is 1.15. The lowest BCUT2D eigenvalue weighted by Gasteiger charge is -2.10. The Morgan fingerprint density at radius 3 is 2.83 bits per heavy atom. The van der Waals surface area contributed by atoms with E-state index in [-0.39, 0.29) is 18.1 Å². The van der Waals surface area contributed by atoms with Crippen LogP contribution in [0.5, 0.6) is 0 Å². The largest absolute Gasteiger partial charge is 0.464 e. The van der Waals surface area contributed by atoms with Gasteiger partial charge in [-0.1, -0.05) is 30.3 Å². The lowest BCUT2D eigenvalue weighted by atomic mass is 10.2. The van der Waals surface area contributed by atoms with E-state index < -0.39 is 0 Å². The van der Waals surface area contributed by atoms with Gasteiger partial charge in [-0.3, -0.25) is 4.79 Å². The molecule has 2 atom stereocenters. The summed E-state index contributed by atoms with van der Waals surface area (Å²) < 4.78 is 10.5. The number of hydrogen-bond acceptors (Lipinski definition) is 4. The number of nitrogens with one attached hydrogen (secondary N) is 1. The van der Waals surface area contributed by atoms with E-state index >= 15 is 0 Å². The molecule has 0 spiro atoms. The topological polar surface area (TPSA) is 47.6 Å². The molecule has 98 valence electrons. The molecule has 1 fully saturated rings. The summed E-state index contributed by atoms with van der Waals surface area (Å²) in [7, 11) is 1.66. The minimum Gasteiger partial charge on any atom is -0.464 e. The Kier molecular flexibility index (Phi) is 4.73. The first-order chi connectivity index (χ1) is 8.79. The van der Waals surface area contributed by atoms with Crippen LogP contribution in [0, 0.1) is 0 Å². The summed E-state index contributed by atoms with van der Waals surface area (Å²) >= 11 is 0. The second kappa shape index (κ2) is 6.52. The van der Waals surface area contributed by atoms with Crippen molar-refractivity contribution in [2.45, 2.75) is 25.0 Å². The third-order valence-corrected chi connectivity index (χ3v) is 3.19. The van der Waals surface area contributed by atoms with Crippen LogP contribution in [0.15, 0.2) is 30.3 Å². The average Bonchev–Trinajstić information content (AvgIpc) is 2.89. The Hall–Kier alpha value is -1.39. The fourth-order valence-corrected chi connectivity index (χ4v) is 2.08. The number of ether oxygens (including phenoxy) is 2. The highest BCUT2D eigenvalue weighted by Crippen LogP contribution is 2.11. The molecule has 18 heavy (non-hydrogen) atoms. The van der Waals surface area contributed by atoms with Crippen molar-refractivity contribution in [1.29, 1.82) is 0 Å². The Balaban J connectivity index is 1.69. The Morgan fingerprint density at radius 1 is 1.39 bits per heavy atom. The zero-order chi connectivity index (χ0) is 12.8. The summed E-state index contributed by atoms with van der Waals surface area (Å²) in [5, 5.41) is 3.11. The van der Waals surface area contributed by atoms with Crippen LogP contribution in [0.25, 0.3) is 0 Å². The molecule has 0 aliphatic carbocycles. The number of methoxy groups -OCH3 is 1. The summed E-state index contributed by atoms with van der Waals surface area (Å²) in [6, 6.07) is 9.79. The highest BCUT2D eigenvalue weighted by atomic mass is 16.5. The van der Waals surface area contributed by atoms with Gasteiger partial charge in [0.1, 0.15) is 6.04 Å². The first-order valence-electron chi connectivity index (χ1n) is 6.26. The second-order valence-electron chi connectivity index (χ2n) is 4.46. The zero-order valence-corrected chi connectivity index (χ0v) is 10.6. The van der Waals surface area contributed by atoms with Crippen LogP contribution in [-0.4, -0.2) is 38.4 Å². The lowest BCUT2D eigenvalue weighted by molar-refractivity contribution is -0.145. The predicted molar refractivity (Wildman–Crippen MR) is 68.3 cm³/mol. The van der Waals surface area contributed by atoms with Crippen LogP contribution in [0.4, 0.5) is 0 Å². The molecule has 1 aromatic rings. The van der Waals surface area contributed by atoms with Gasteiger partial charge in [-0.25, -0.2) is 0 Å². The normalized spacial score (nSPS) is 22.9. The standard InChI is InChI=1S/C14H19NO3/c1-17-12-9-13(15-10-12)14(16)18-8-7-11-5-3-2-4-6-11/h2-6,12-13,15H,7-10H2,1H3. The number of hydrogen-bond donors (Lipinski definition) is 1. The summed E-state index contributed by atoms with van der Waals surface area (Å²) in [6.07, 6.45) is 1.57. The predicted octanol–water partition coefficient (Wildman–Crippen LogP) is 1.15. The van der Waals surface area contributed by atoms with E-state index in [1.807, 2.05) is 30.3 Å². The Labute approximate surface area is 107 Å². The molecule has 1 aliphatic rings. The zero-order valence-electron chi connectivity index (χ0n) is 10.6. The van der Waals surface area contributed by atoms with E-state index in [0.717, 1.165) is 13.0 Å². The summed E-state index contributed by atoms with van der Waals surface area (Å²) in [4.78, 5) is 11.8. The van der Waals surface area contributed by atoms with Gasteiger partial charge in [0.05, 0.1) is 12.7 Å². The highest BCUT2D eigenvalue weighted by Gasteiger charge is 2.30. The summed E-state index contributed by atoms with van der Waals surface area (Å²) in [5.74, 6) is -0.175. The lowest BCUT2D eigenvalue weighted by Crippen LogP contribution is -2.32. The highest BCUT2D eigenvalue weighted by molar-refractivity contribution is 5.76. The number of benzene rings is 1. The molecule has 0 radical (unpaired) electrons. The van der Waals surface area contributed by atoms with Crippen LogP contribution in [0.1, 0.15) is 12.0 Å². The van der Waals surface area contributed by atoms with Crippen molar-refractivity contribution >= 4 is 5.97 Å². The Bertz CT molecular complexity index is 380. The van der Waals surface area contributed by atoms with E-state index in [9.17, 15) is 4.79 Å². The van der Waals surface area contributed by atoms with Crippen molar-refractivity contribution in [3.8, 4) is 0 Å². The van der Waals surface area contributed by atoms with Crippen LogP contribution in [0.3, 0.4) is 0 Å². The van der Waals surface area contributed by atoms with E-state index in [0.29, 0.717) is 13.0 Å². The van der Waals surface area contributed by atoms with Crippen molar-refractivity contribution in [2.24, 2.45) is 0 Å². The molecule has 0 bridgehead atoms. The van der Waals surface area contributed by atoms with Crippen molar-refractivity contribution < 1.29 is 14.3 Å². The molecule has 1 aromatic carbocycles. The molecular weight excluding hydrogens is 230 g/mol. The van der Waals surface area contributed by atoms with Crippen LogP contribution in [-0.2, 0) is 20.7 Å². The van der Waals surface area contributed by atoms with Gasteiger partial charge in [0, 0.05) is 26.5 Å². The molecule has 4 nitrogen and oxygen atoms in total. The van der Waals surface area contributed by atoms with Gasteiger partial charge in [-0.05, 0) is 5.56 Å². The van der Waals surface area contributed by atoms with Crippen LogP contribution < -0.4 is 5.32 Å². The molecular formula is C14H19NO3. The van der Waals surface area contributed by atoms with Gasteiger partial charge in [-0.2, -0.15) is 0 Å². The van der Waals surface area contributed by atoms with E-state index in [1.165, 1.54) is 5.56 Å². The minimum absolute atomic E-state index is 0.122. The SMILES string of the molecule is COC1CNC(C(=O)OCCc2ccccc2)C1. The maximum Gasteiger partial charge on any atom is 0.323 e. The molecule has 0 saturated carbocycles. The van der Waals surface area contributed by atoms with Gasteiger partial charge in [0.2, 0.25) is 0 Å². The molecule has 1 saturated heterocycles. The number of carbonyl (C=O) groups is 1. The van der Waals surface area contributed by atoms with Crippen molar-refractivity contribution in [3.05, 3.63) is 35.9 Å². The number of carbonyl (C=O) groups excluding carboxylic acids is 1. The molecule has 1 N–H and O–H groups in total. The van der Waals surface area contributed by atoms with E-state index in [2.05, 4.69) is 5.32 Å². The fourth-order valence-electron chi connectivity index (χ4n) is 2.08. The molecule has 1 heterocycles. The molecule has 2 rings (SSSR count). The third kappa shape index (κ3) is 3.55. The van der Waals surface area contributed by atoms with E-state index in [1.54, 1.807) is 7.11 Å². The average molecular weight is 249 g/mol. The third-order valence-electron chi connectivity index (χ3n) is 3.19. The van der Waals surface area contributed by atoms with E-state index in [4.69, 9.17) is 9.47 Å². The summed E-state index contributed by atoms with van der Waals surface area (Å²) in [5.41, 5.74) is 1.18. The first-order valence-corrected chi connectivity index (χ1v) is 6.26. The quantitative estimate of drug-likeness (QED) is 0.795.